The Kier molecular flexibility index (Phi) is 6.32. The lowest BCUT2D eigenvalue weighted by Gasteiger charge is -2.32. The van der Waals surface area contributed by atoms with Crippen molar-refractivity contribution < 1.29 is 19.8 Å². The van der Waals surface area contributed by atoms with E-state index in [9.17, 15) is 19.8 Å². The Morgan fingerprint density at radius 1 is 1.00 bits per heavy atom. The molecule has 0 aromatic heterocycles. The summed E-state index contributed by atoms with van der Waals surface area (Å²) in [5, 5.41) is 20.3. The van der Waals surface area contributed by atoms with E-state index < -0.39 is 24.0 Å². The van der Waals surface area contributed by atoms with Crippen molar-refractivity contribution in [2.45, 2.75) is 25.0 Å². The van der Waals surface area contributed by atoms with Gasteiger partial charge < -0.3 is 20.0 Å². The molecule has 150 valence electrons. The normalized spacial score (nSPS) is 14.8. The van der Waals surface area contributed by atoms with Gasteiger partial charge in [0.25, 0.3) is 11.8 Å². The summed E-state index contributed by atoms with van der Waals surface area (Å²) < 4.78 is 0. The zero-order valence-corrected chi connectivity index (χ0v) is 16.5. The first-order valence-electron chi connectivity index (χ1n) is 9.47. The smallest absolute Gasteiger partial charge is 0.259 e. The Morgan fingerprint density at radius 3 is 2.38 bits per heavy atom. The first-order chi connectivity index (χ1) is 13.9. The van der Waals surface area contributed by atoms with Crippen molar-refractivity contribution in [3.63, 3.8) is 0 Å². The summed E-state index contributed by atoms with van der Waals surface area (Å²) in [6.07, 6.45) is -2.10. The van der Waals surface area contributed by atoms with Crippen LogP contribution in [-0.4, -0.2) is 59.8 Å². The fraction of sp³-hybridized carbons (Fsp3) is 0.304. The number of carbonyl (C=O) groups is 2. The number of nitrogens with zero attached hydrogens (tertiary/aromatic N) is 2. The van der Waals surface area contributed by atoms with Gasteiger partial charge in [-0.3, -0.25) is 9.59 Å². The van der Waals surface area contributed by atoms with Crippen LogP contribution in [0.4, 0.5) is 5.69 Å². The zero-order chi connectivity index (χ0) is 21.0. The Balaban J connectivity index is 1.81. The van der Waals surface area contributed by atoms with Crippen LogP contribution in [0.5, 0.6) is 0 Å². The topological polar surface area (TPSA) is 81.1 Å². The largest absolute Gasteiger partial charge is 0.380 e. The fourth-order valence-corrected chi connectivity index (χ4v) is 3.26. The van der Waals surface area contributed by atoms with E-state index in [0.717, 1.165) is 34.4 Å². The van der Waals surface area contributed by atoms with Gasteiger partial charge in [0.2, 0.25) is 0 Å². The Morgan fingerprint density at radius 2 is 1.69 bits per heavy atom. The molecule has 3 rings (SSSR count). The van der Waals surface area contributed by atoms with Gasteiger partial charge in [-0.15, -0.1) is 0 Å². The summed E-state index contributed by atoms with van der Waals surface area (Å²) in [7, 11) is 2.91. The number of likely N-dealkylation sites (N-methyl/N-ethyl adjacent to an activating group) is 1. The minimum absolute atomic E-state index is 0.417. The molecule has 0 radical (unpaired) electrons. The molecule has 0 spiro atoms. The number of benzene rings is 2. The van der Waals surface area contributed by atoms with Crippen LogP contribution in [0.25, 0.3) is 0 Å². The van der Waals surface area contributed by atoms with Crippen molar-refractivity contribution in [3.05, 3.63) is 65.2 Å². The van der Waals surface area contributed by atoms with E-state index in [0.29, 0.717) is 12.2 Å². The standard InChI is InChI=1S/C23H24N2O4/c1-24(2)22(28)20(26)21(27)23(29)25-14-6-9-18-15-17(12-13-19(18)25)11-10-16-7-4-3-5-8-16/h3-5,7-8,12-13,15,20-21,26-27H,6,9,14H2,1-2H3. The summed E-state index contributed by atoms with van der Waals surface area (Å²) >= 11 is 0. The van der Waals surface area contributed by atoms with Crippen LogP contribution in [0.1, 0.15) is 23.1 Å². The average molecular weight is 392 g/mol. The lowest BCUT2D eigenvalue weighted by molar-refractivity contribution is -0.150. The SMILES string of the molecule is CN(C)C(=O)C(O)C(O)C(=O)N1CCCc2cc(C#Cc3ccccc3)ccc21. The van der Waals surface area contributed by atoms with E-state index >= 15 is 0 Å². The minimum Gasteiger partial charge on any atom is -0.380 e. The van der Waals surface area contributed by atoms with Gasteiger partial charge in [-0.1, -0.05) is 30.0 Å². The number of amides is 2. The van der Waals surface area contributed by atoms with Crippen LogP contribution in [0.2, 0.25) is 0 Å². The van der Waals surface area contributed by atoms with Crippen LogP contribution in [0.3, 0.4) is 0 Å². The summed E-state index contributed by atoms with van der Waals surface area (Å²) in [6, 6.07) is 15.2. The molecule has 1 heterocycles. The number of aliphatic hydroxyl groups excluding tert-OH is 2. The monoisotopic (exact) mass is 392 g/mol. The van der Waals surface area contributed by atoms with E-state index in [1.165, 1.54) is 19.0 Å². The maximum Gasteiger partial charge on any atom is 0.259 e. The van der Waals surface area contributed by atoms with Gasteiger partial charge >= 0.3 is 0 Å². The first kappa shape index (κ1) is 20.6. The molecule has 6 nitrogen and oxygen atoms in total. The summed E-state index contributed by atoms with van der Waals surface area (Å²) in [6.45, 7) is 0.417. The molecule has 0 saturated heterocycles. The fourth-order valence-electron chi connectivity index (χ4n) is 3.26. The molecule has 2 atom stereocenters. The van der Waals surface area contributed by atoms with Gasteiger partial charge in [-0.2, -0.15) is 0 Å². The number of fused-ring (bicyclic) bond motifs is 1. The van der Waals surface area contributed by atoms with Crippen molar-refractivity contribution in [2.75, 3.05) is 25.5 Å². The molecule has 0 bridgehead atoms. The molecule has 1 aliphatic rings. The second-order valence-corrected chi connectivity index (χ2v) is 7.18. The summed E-state index contributed by atoms with van der Waals surface area (Å²) in [4.78, 5) is 27.2. The number of hydrogen-bond donors (Lipinski definition) is 2. The van der Waals surface area contributed by atoms with Gasteiger partial charge in [0.05, 0.1) is 0 Å². The summed E-state index contributed by atoms with van der Waals surface area (Å²) in [5.74, 6) is 4.85. The van der Waals surface area contributed by atoms with Crippen molar-refractivity contribution >= 4 is 17.5 Å². The second kappa shape index (κ2) is 8.91. The molecule has 29 heavy (non-hydrogen) atoms. The van der Waals surface area contributed by atoms with E-state index in [1.54, 1.807) is 6.07 Å². The Bertz CT molecular complexity index is 960. The number of carbonyl (C=O) groups excluding carboxylic acids is 2. The van der Waals surface area contributed by atoms with Gasteiger partial charge in [0.15, 0.2) is 12.2 Å². The van der Waals surface area contributed by atoms with Gasteiger partial charge in [-0.25, -0.2) is 0 Å². The molecule has 0 aliphatic carbocycles. The van der Waals surface area contributed by atoms with E-state index in [1.807, 2.05) is 42.5 Å². The molecule has 1 aliphatic heterocycles. The molecular formula is C23H24N2O4. The molecule has 0 fully saturated rings. The van der Waals surface area contributed by atoms with E-state index in [4.69, 9.17) is 0 Å². The highest BCUT2D eigenvalue weighted by atomic mass is 16.3. The van der Waals surface area contributed by atoms with Crippen LogP contribution in [0.15, 0.2) is 48.5 Å². The van der Waals surface area contributed by atoms with Gasteiger partial charge in [-0.05, 0) is 48.7 Å². The molecule has 6 heteroatoms. The third kappa shape index (κ3) is 4.65. The van der Waals surface area contributed by atoms with Crippen molar-refractivity contribution in [3.8, 4) is 11.8 Å². The number of hydrogen-bond acceptors (Lipinski definition) is 4. The molecule has 2 N–H and O–H groups in total. The number of rotatable bonds is 3. The lowest BCUT2D eigenvalue weighted by Crippen LogP contribution is -2.51. The van der Waals surface area contributed by atoms with Crippen LogP contribution in [-0.2, 0) is 16.0 Å². The molecule has 2 aromatic rings. The zero-order valence-electron chi connectivity index (χ0n) is 16.5. The van der Waals surface area contributed by atoms with Crippen molar-refractivity contribution in [1.82, 2.24) is 4.90 Å². The Labute approximate surface area is 170 Å². The van der Waals surface area contributed by atoms with Crippen LogP contribution >= 0.6 is 0 Å². The number of aryl methyl sites for hydroxylation is 1. The second-order valence-electron chi connectivity index (χ2n) is 7.18. The summed E-state index contributed by atoms with van der Waals surface area (Å²) in [5.41, 5.74) is 3.38. The number of anilines is 1. The van der Waals surface area contributed by atoms with Crippen molar-refractivity contribution in [1.29, 1.82) is 0 Å². The molecular weight excluding hydrogens is 368 g/mol. The van der Waals surface area contributed by atoms with Crippen LogP contribution in [0, 0.1) is 11.8 Å². The van der Waals surface area contributed by atoms with Crippen LogP contribution < -0.4 is 4.90 Å². The van der Waals surface area contributed by atoms with Crippen molar-refractivity contribution in [2.24, 2.45) is 0 Å². The minimum atomic E-state index is -1.81. The number of aliphatic hydroxyl groups is 2. The third-order valence-corrected chi connectivity index (χ3v) is 4.83. The first-order valence-corrected chi connectivity index (χ1v) is 9.47. The highest BCUT2D eigenvalue weighted by Crippen LogP contribution is 2.29. The predicted octanol–water partition coefficient (Wildman–Crippen LogP) is 1.18. The maximum absolute atomic E-state index is 12.7. The quantitative estimate of drug-likeness (QED) is 0.769. The molecule has 2 aromatic carbocycles. The third-order valence-electron chi connectivity index (χ3n) is 4.83. The average Bonchev–Trinajstić information content (AvgIpc) is 2.75. The van der Waals surface area contributed by atoms with Gasteiger partial charge in [0.1, 0.15) is 0 Å². The maximum atomic E-state index is 12.7. The van der Waals surface area contributed by atoms with Gasteiger partial charge in [0, 0.05) is 37.5 Å². The predicted molar refractivity (Wildman–Crippen MR) is 110 cm³/mol. The molecule has 2 unspecified atom stereocenters. The highest BCUT2D eigenvalue weighted by molar-refractivity contribution is 6.01. The lowest BCUT2D eigenvalue weighted by atomic mass is 9.98. The van der Waals surface area contributed by atoms with E-state index in [2.05, 4.69) is 11.8 Å². The Hall–Kier alpha value is -3.14. The molecule has 0 saturated carbocycles. The highest BCUT2D eigenvalue weighted by Gasteiger charge is 2.36. The molecule has 2 amide bonds. The van der Waals surface area contributed by atoms with E-state index in [-0.39, 0.29) is 0 Å².